The number of terminal acetylenes is 1. The maximum atomic E-state index is 9.67. The van der Waals surface area contributed by atoms with E-state index in [9.17, 15) is 8.42 Å². The predicted octanol–water partition coefficient (Wildman–Crippen LogP) is -1.76. The highest BCUT2D eigenvalue weighted by Gasteiger charge is 1.76. The zero-order valence-corrected chi connectivity index (χ0v) is 4.94. The number of nitrogens with one attached hydrogen (secondary N) is 2. The van der Waals surface area contributed by atoms with Crippen LogP contribution in [0.4, 0.5) is 0 Å². The van der Waals surface area contributed by atoms with E-state index in [0.29, 0.717) is 0 Å². The number of hydrogen-bond acceptors (Lipinski definition) is 3. The van der Waals surface area contributed by atoms with Crippen LogP contribution in [-0.4, -0.2) is 15.0 Å². The van der Waals surface area contributed by atoms with Gasteiger partial charge in [-0.3, -0.25) is 0 Å². The van der Waals surface area contributed by atoms with E-state index >= 15 is 0 Å². The number of rotatable bonds is 3. The van der Waals surface area contributed by atoms with Gasteiger partial charge in [-0.2, -0.15) is 4.83 Å². The lowest BCUT2D eigenvalue weighted by molar-refractivity contribution is 0.586. The summed E-state index contributed by atoms with van der Waals surface area (Å²) < 4.78 is 19.3. The average Bonchev–Trinajstić information content (AvgIpc) is 1.66. The van der Waals surface area contributed by atoms with Crippen molar-refractivity contribution < 1.29 is 8.42 Å². The van der Waals surface area contributed by atoms with Crippen LogP contribution < -0.4 is 10.3 Å². The summed E-state index contributed by atoms with van der Waals surface area (Å²) in [6.07, 6.45) is 4.77. The first kappa shape index (κ1) is 7.43. The Bertz CT molecular complexity index is 149. The molecule has 0 amide bonds. The quantitative estimate of drug-likeness (QED) is 0.185. The molecule has 0 aromatic carbocycles. The van der Waals surface area contributed by atoms with Gasteiger partial charge in [0.05, 0.1) is 6.54 Å². The van der Waals surface area contributed by atoms with Gasteiger partial charge in [-0.1, -0.05) is 5.92 Å². The zero-order valence-electron chi connectivity index (χ0n) is 4.05. The molecule has 0 aliphatic heterocycles. The van der Waals surface area contributed by atoms with Crippen molar-refractivity contribution in [2.24, 2.45) is 0 Å². The SMILES string of the molecule is C#CCNN[SH](=O)=O. The second kappa shape index (κ2) is 4.59. The van der Waals surface area contributed by atoms with Gasteiger partial charge in [0.25, 0.3) is 0 Å². The van der Waals surface area contributed by atoms with Crippen LogP contribution >= 0.6 is 0 Å². The lowest BCUT2D eigenvalue weighted by Crippen LogP contribution is -2.30. The number of thiol groups is 1. The molecule has 2 N–H and O–H groups in total. The molecule has 0 fully saturated rings. The molecule has 4 nitrogen and oxygen atoms in total. The molecule has 5 heteroatoms. The fourth-order valence-electron chi connectivity index (χ4n) is 0.155. The fraction of sp³-hybridized carbons (Fsp3) is 0.333. The van der Waals surface area contributed by atoms with E-state index in [1.165, 1.54) is 0 Å². The van der Waals surface area contributed by atoms with Crippen LogP contribution in [0.3, 0.4) is 0 Å². The van der Waals surface area contributed by atoms with Gasteiger partial charge in [0.2, 0.25) is 10.9 Å². The normalized spacial score (nSPS) is 9.00. The summed E-state index contributed by atoms with van der Waals surface area (Å²) in [5.74, 6) is 2.18. The largest absolute Gasteiger partial charge is 0.232 e. The van der Waals surface area contributed by atoms with Crippen molar-refractivity contribution >= 4 is 10.9 Å². The van der Waals surface area contributed by atoms with Crippen molar-refractivity contribution in [3.63, 3.8) is 0 Å². The highest BCUT2D eigenvalue weighted by molar-refractivity contribution is 7.70. The topological polar surface area (TPSA) is 58.2 Å². The first-order valence-corrected chi connectivity index (χ1v) is 3.01. The van der Waals surface area contributed by atoms with E-state index in [1.807, 2.05) is 4.83 Å². The summed E-state index contributed by atoms with van der Waals surface area (Å²) in [6, 6.07) is 0. The van der Waals surface area contributed by atoms with Crippen LogP contribution in [-0.2, 0) is 10.9 Å². The summed E-state index contributed by atoms with van der Waals surface area (Å²) in [5.41, 5.74) is 2.25. The van der Waals surface area contributed by atoms with Crippen molar-refractivity contribution in [3.8, 4) is 12.3 Å². The first-order chi connectivity index (χ1) is 3.77. The van der Waals surface area contributed by atoms with E-state index in [2.05, 4.69) is 11.3 Å². The minimum absolute atomic E-state index is 0.198. The summed E-state index contributed by atoms with van der Waals surface area (Å²) in [6.45, 7) is 0.198. The molecule has 0 aromatic heterocycles. The summed E-state index contributed by atoms with van der Waals surface area (Å²) >= 11 is 0. The molecular formula is C3H6N2O2S. The maximum absolute atomic E-state index is 9.67. The van der Waals surface area contributed by atoms with E-state index in [1.54, 1.807) is 0 Å². The summed E-state index contributed by atoms with van der Waals surface area (Å²) in [4.78, 5) is 1.91. The van der Waals surface area contributed by atoms with Gasteiger partial charge in [0.15, 0.2) is 0 Å². The van der Waals surface area contributed by atoms with Crippen molar-refractivity contribution in [2.75, 3.05) is 6.54 Å². The zero-order chi connectivity index (χ0) is 6.41. The van der Waals surface area contributed by atoms with Crippen LogP contribution in [0, 0.1) is 12.3 Å². The minimum Gasteiger partial charge on any atom is -0.232 e. The van der Waals surface area contributed by atoms with E-state index < -0.39 is 10.9 Å². The van der Waals surface area contributed by atoms with Gasteiger partial charge in [-0.25, -0.2) is 13.8 Å². The Labute approximate surface area is 49.3 Å². The van der Waals surface area contributed by atoms with Crippen LogP contribution in [0.2, 0.25) is 0 Å². The van der Waals surface area contributed by atoms with Gasteiger partial charge in [0.1, 0.15) is 0 Å². The molecule has 0 bridgehead atoms. The number of hydrogen-bond donors (Lipinski definition) is 3. The lowest BCUT2D eigenvalue weighted by Gasteiger charge is -1.90. The minimum atomic E-state index is -2.57. The maximum Gasteiger partial charge on any atom is 0.214 e. The van der Waals surface area contributed by atoms with Crippen LogP contribution in [0.1, 0.15) is 0 Å². The molecule has 0 rings (SSSR count). The molecule has 46 valence electrons. The van der Waals surface area contributed by atoms with Gasteiger partial charge >= 0.3 is 0 Å². The molecule has 0 spiro atoms. The lowest BCUT2D eigenvalue weighted by atomic mass is 10.7. The highest BCUT2D eigenvalue weighted by Crippen LogP contribution is 1.45. The Balaban J connectivity index is 3.09. The fourth-order valence-corrected chi connectivity index (χ4v) is 0.363. The monoisotopic (exact) mass is 134 g/mol. The molecule has 0 unspecified atom stereocenters. The van der Waals surface area contributed by atoms with Crippen LogP contribution in [0.5, 0.6) is 0 Å². The Hall–Kier alpha value is -0.570. The van der Waals surface area contributed by atoms with Gasteiger partial charge < -0.3 is 0 Å². The molecule has 0 saturated carbocycles. The molecular weight excluding hydrogens is 128 g/mol. The van der Waals surface area contributed by atoms with Gasteiger partial charge in [0, 0.05) is 0 Å². The van der Waals surface area contributed by atoms with Crippen molar-refractivity contribution in [1.29, 1.82) is 0 Å². The standard InChI is InChI=1S/C3H6N2O2S/c1-2-3-4-5-8(6)7/h1,4,8H,3H2,(H,5,6,7). The van der Waals surface area contributed by atoms with Crippen LogP contribution in [0.15, 0.2) is 0 Å². The molecule has 0 aliphatic rings. The van der Waals surface area contributed by atoms with Crippen LogP contribution in [0.25, 0.3) is 0 Å². The van der Waals surface area contributed by atoms with E-state index in [4.69, 9.17) is 6.42 Å². The highest BCUT2D eigenvalue weighted by atomic mass is 32.2. The van der Waals surface area contributed by atoms with Crippen molar-refractivity contribution in [1.82, 2.24) is 10.3 Å². The van der Waals surface area contributed by atoms with Crippen molar-refractivity contribution in [3.05, 3.63) is 0 Å². The molecule has 8 heavy (non-hydrogen) atoms. The third-order valence-corrected chi connectivity index (χ3v) is 0.701. The Morgan fingerprint density at radius 1 is 1.62 bits per heavy atom. The number of hydrazine groups is 1. The predicted molar refractivity (Wildman–Crippen MR) is 30.3 cm³/mol. The Kier molecular flexibility index (Phi) is 4.26. The van der Waals surface area contributed by atoms with E-state index in [0.717, 1.165) is 0 Å². The summed E-state index contributed by atoms with van der Waals surface area (Å²) in [5, 5.41) is 0. The molecule has 0 saturated heterocycles. The average molecular weight is 134 g/mol. The first-order valence-electron chi connectivity index (χ1n) is 1.83. The van der Waals surface area contributed by atoms with Crippen molar-refractivity contribution in [2.45, 2.75) is 0 Å². The Morgan fingerprint density at radius 2 is 2.25 bits per heavy atom. The molecule has 0 radical (unpaired) electrons. The molecule has 0 atom stereocenters. The molecule has 0 aromatic rings. The summed E-state index contributed by atoms with van der Waals surface area (Å²) in [7, 11) is -2.57. The van der Waals surface area contributed by atoms with Gasteiger partial charge in [-0.15, -0.1) is 6.42 Å². The molecule has 0 aliphatic carbocycles. The smallest absolute Gasteiger partial charge is 0.214 e. The third kappa shape index (κ3) is 5.43. The third-order valence-electron chi connectivity index (χ3n) is 0.361. The Morgan fingerprint density at radius 3 is 2.62 bits per heavy atom. The molecule has 0 heterocycles. The van der Waals surface area contributed by atoms with E-state index in [-0.39, 0.29) is 6.54 Å². The second-order valence-electron chi connectivity index (χ2n) is 0.927. The van der Waals surface area contributed by atoms with Gasteiger partial charge in [-0.05, 0) is 0 Å². The second-order valence-corrected chi connectivity index (χ2v) is 1.66.